The molecule has 0 spiro atoms. The number of esters is 1. The van der Waals surface area contributed by atoms with Gasteiger partial charge in [-0.25, -0.2) is 10.2 Å². The second-order valence-electron chi connectivity index (χ2n) is 13.6. The van der Waals surface area contributed by atoms with Gasteiger partial charge in [-0.2, -0.15) is 5.10 Å². The summed E-state index contributed by atoms with van der Waals surface area (Å²) in [6, 6.07) is 2.27. The predicted octanol–water partition coefficient (Wildman–Crippen LogP) is -0.202. The van der Waals surface area contributed by atoms with Crippen molar-refractivity contribution in [1.82, 2.24) is 10.7 Å². The van der Waals surface area contributed by atoms with Crippen LogP contribution in [0.2, 0.25) is 0 Å². The maximum absolute atomic E-state index is 14.8. The number of aromatic hydroxyl groups is 2. The predicted molar refractivity (Wildman–Crippen MR) is 187 cm³/mol. The molecule has 0 aromatic heterocycles. The van der Waals surface area contributed by atoms with Gasteiger partial charge < -0.3 is 54.5 Å². The second-order valence-corrected chi connectivity index (χ2v) is 13.6. The lowest BCUT2D eigenvalue weighted by Gasteiger charge is -2.53. The molecule has 7 N–H and O–H groups in total. The monoisotopic (exact) mass is 767 g/mol. The molecule has 1 saturated heterocycles. The lowest BCUT2D eigenvalue weighted by molar-refractivity contribution is -0.236. The van der Waals surface area contributed by atoms with E-state index in [-0.39, 0.29) is 29.0 Å². The van der Waals surface area contributed by atoms with E-state index in [0.29, 0.717) is 0 Å². The standard InChI is InChI=1S/C37H41N3O15/c1-8-21(42)40-39-18-12-19(38-34-31(52-5)29(46)30(51-4)14(3)55-34)26(43)16-11-17-24(27(44)23(16)18)33(48)37(54-7)20(41)10-15-9-13(2)22(35(49)53-6)28(45)25(15)36(37,50)32(17)47/h9,11-12,14,20,29-31,34,38,41,44-46,50H,8,10H2,1-7H3,(H,40,42)/b39-18+/t14-,20+,29+,30-,31+,34-,36-,37+/m0/s1. The maximum atomic E-state index is 14.8. The highest BCUT2D eigenvalue weighted by Crippen LogP contribution is 2.56. The van der Waals surface area contributed by atoms with Gasteiger partial charge in [0.2, 0.25) is 23.3 Å². The number of aryl methyl sites for hydroxylation is 1. The highest BCUT2D eigenvalue weighted by molar-refractivity contribution is 6.32. The third kappa shape index (κ3) is 5.50. The van der Waals surface area contributed by atoms with Crippen molar-refractivity contribution < 1.29 is 73.2 Å². The number of allylic oxidation sites excluding steroid dienone is 2. The molecule has 0 saturated carbocycles. The lowest BCUT2D eigenvalue weighted by Crippen LogP contribution is -2.73. The summed E-state index contributed by atoms with van der Waals surface area (Å²) in [7, 11) is 4.66. The number of Topliss-reactive ketones (excluding diaryl/α,β-unsaturated/α-hetero) is 3. The molecule has 18 heteroatoms. The summed E-state index contributed by atoms with van der Waals surface area (Å²) in [5, 5.41) is 65.6. The number of benzene rings is 2. The number of carbonyl (C=O) groups is 5. The van der Waals surface area contributed by atoms with Crippen LogP contribution in [-0.4, -0.2) is 131 Å². The number of rotatable bonds is 8. The Balaban J connectivity index is 1.58. The van der Waals surface area contributed by atoms with Crippen LogP contribution in [0.4, 0.5) is 0 Å². The zero-order chi connectivity index (χ0) is 40.5. The number of nitrogens with zero attached hydrogens (tertiary/aromatic N) is 1. The van der Waals surface area contributed by atoms with Crippen molar-refractivity contribution in [3.8, 4) is 11.5 Å². The van der Waals surface area contributed by atoms with Crippen LogP contribution in [-0.2, 0) is 40.5 Å². The molecule has 1 heterocycles. The van der Waals surface area contributed by atoms with Crippen molar-refractivity contribution in [2.75, 3.05) is 28.4 Å². The molecule has 4 aliphatic rings. The van der Waals surface area contributed by atoms with Gasteiger partial charge >= 0.3 is 5.97 Å². The Morgan fingerprint density at radius 3 is 2.25 bits per heavy atom. The molecule has 8 atom stereocenters. The molecule has 55 heavy (non-hydrogen) atoms. The lowest BCUT2D eigenvalue weighted by atomic mass is 9.56. The number of aliphatic hydroxyl groups is 3. The van der Waals surface area contributed by atoms with Gasteiger partial charge in [-0.05, 0) is 37.1 Å². The van der Waals surface area contributed by atoms with Crippen LogP contribution < -0.4 is 10.7 Å². The van der Waals surface area contributed by atoms with Gasteiger partial charge in [-0.3, -0.25) is 19.2 Å². The number of phenolic OH excluding ortho intramolecular Hbond substituents is 2. The number of carbonyl (C=O) groups excluding carboxylic acids is 5. The Bertz CT molecular complexity index is 2100. The number of phenols is 2. The van der Waals surface area contributed by atoms with Crippen LogP contribution >= 0.6 is 0 Å². The molecule has 6 rings (SSSR count). The fourth-order valence-electron chi connectivity index (χ4n) is 8.15. The molecule has 18 nitrogen and oxygen atoms in total. The van der Waals surface area contributed by atoms with Crippen molar-refractivity contribution in [2.45, 2.75) is 81.6 Å². The van der Waals surface area contributed by atoms with E-state index in [1.165, 1.54) is 27.2 Å². The van der Waals surface area contributed by atoms with Crippen molar-refractivity contribution >= 4 is 34.9 Å². The smallest absolute Gasteiger partial charge is 0.341 e. The Morgan fingerprint density at radius 2 is 1.65 bits per heavy atom. The van der Waals surface area contributed by atoms with Crippen LogP contribution in [0.1, 0.15) is 84.0 Å². The Morgan fingerprint density at radius 1 is 0.982 bits per heavy atom. The van der Waals surface area contributed by atoms with E-state index in [1.807, 2.05) is 0 Å². The molecule has 0 unspecified atom stereocenters. The summed E-state index contributed by atoms with van der Waals surface area (Å²) < 4.78 is 27.2. The van der Waals surface area contributed by atoms with Gasteiger partial charge in [0.05, 0.1) is 41.9 Å². The maximum Gasteiger partial charge on any atom is 0.341 e. The molecule has 1 aliphatic heterocycles. The highest BCUT2D eigenvalue weighted by atomic mass is 16.6. The molecule has 1 fully saturated rings. The summed E-state index contributed by atoms with van der Waals surface area (Å²) in [6.45, 7) is 4.63. The Kier molecular flexibility index (Phi) is 10.2. The van der Waals surface area contributed by atoms with Gasteiger partial charge in [0.25, 0.3) is 0 Å². The van der Waals surface area contributed by atoms with Gasteiger partial charge in [0.1, 0.15) is 35.4 Å². The van der Waals surface area contributed by atoms with E-state index in [1.54, 1.807) is 13.8 Å². The van der Waals surface area contributed by atoms with Crippen molar-refractivity contribution in [3.63, 3.8) is 0 Å². The van der Waals surface area contributed by atoms with Crippen LogP contribution in [0.3, 0.4) is 0 Å². The number of amides is 1. The molecule has 0 bridgehead atoms. The number of methoxy groups -OCH3 is 4. The third-order valence-corrected chi connectivity index (χ3v) is 10.8. The SMILES string of the molecule is CCC(=O)N/N=C1\C=C(N[C@H]2O[C@@H](C)[C@H](OC)[C@@H](O)[C@H]2OC)C(=O)c2cc3c(c(O)c21)C(=O)[C@]1(OC)[C@H](O)Cc2cc(C)c(C(=O)OC)c(O)c2[C@]1(O)C3=O. The van der Waals surface area contributed by atoms with E-state index in [0.717, 1.165) is 26.4 Å². The molecule has 0 radical (unpaired) electrons. The van der Waals surface area contributed by atoms with E-state index in [4.69, 9.17) is 23.7 Å². The van der Waals surface area contributed by atoms with Crippen LogP contribution in [0.15, 0.2) is 29.0 Å². The van der Waals surface area contributed by atoms with Crippen molar-refractivity contribution in [2.24, 2.45) is 5.10 Å². The number of ether oxygens (including phenoxy) is 5. The normalized spacial score (nSPS) is 30.5. The Labute approximate surface area is 313 Å². The van der Waals surface area contributed by atoms with Gasteiger partial charge in [0.15, 0.2) is 17.4 Å². The molecule has 2 aromatic carbocycles. The van der Waals surface area contributed by atoms with Gasteiger partial charge in [-0.15, -0.1) is 0 Å². The fourth-order valence-corrected chi connectivity index (χ4v) is 8.15. The molecule has 294 valence electrons. The number of hydrazone groups is 1. The number of nitrogens with one attached hydrogen (secondary N) is 2. The van der Waals surface area contributed by atoms with Crippen LogP contribution in [0.25, 0.3) is 0 Å². The fraction of sp³-hybridized carbons (Fsp3) is 0.459. The topological polar surface area (TPSA) is 269 Å². The van der Waals surface area contributed by atoms with E-state index >= 15 is 0 Å². The van der Waals surface area contributed by atoms with Crippen LogP contribution in [0.5, 0.6) is 11.5 Å². The number of hydrogen-bond donors (Lipinski definition) is 7. The second kappa shape index (κ2) is 14.2. The first-order valence-corrected chi connectivity index (χ1v) is 17.2. The average molecular weight is 768 g/mol. The van der Waals surface area contributed by atoms with E-state index < -0.39 is 128 Å². The highest BCUT2D eigenvalue weighted by Gasteiger charge is 2.72. The first-order chi connectivity index (χ1) is 26.0. The number of fused-ring (bicyclic) bond motifs is 5. The molecular weight excluding hydrogens is 726 g/mol. The molecule has 2 aromatic rings. The minimum atomic E-state index is -3.24. The zero-order valence-electron chi connectivity index (χ0n) is 30.9. The van der Waals surface area contributed by atoms with Gasteiger partial charge in [-0.1, -0.05) is 13.0 Å². The number of aliphatic hydroxyl groups excluding tert-OH is 2. The summed E-state index contributed by atoms with van der Waals surface area (Å²) >= 11 is 0. The summed E-state index contributed by atoms with van der Waals surface area (Å²) in [4.78, 5) is 69.0. The first-order valence-electron chi connectivity index (χ1n) is 17.2. The minimum absolute atomic E-state index is 0.00371. The Hall–Kier alpha value is -5.08. The first kappa shape index (κ1) is 39.6. The average Bonchev–Trinajstić information content (AvgIpc) is 3.14. The summed E-state index contributed by atoms with van der Waals surface area (Å²) in [5.41, 5.74) is -7.60. The summed E-state index contributed by atoms with van der Waals surface area (Å²) in [6.07, 6.45) is -6.30. The van der Waals surface area contributed by atoms with Crippen molar-refractivity contribution in [1.29, 1.82) is 0 Å². The van der Waals surface area contributed by atoms with E-state index in [2.05, 4.69) is 15.8 Å². The van der Waals surface area contributed by atoms with Crippen molar-refractivity contribution in [3.05, 3.63) is 68.4 Å². The number of hydrogen-bond acceptors (Lipinski definition) is 17. The third-order valence-electron chi connectivity index (χ3n) is 10.8. The van der Waals surface area contributed by atoms with E-state index in [9.17, 15) is 49.5 Å². The quantitative estimate of drug-likeness (QED) is 0.135. The minimum Gasteiger partial charge on any atom is -0.507 e. The molecule has 3 aliphatic carbocycles. The largest absolute Gasteiger partial charge is 0.507 e. The number of ketones is 3. The zero-order valence-corrected chi connectivity index (χ0v) is 30.9. The molecule has 1 amide bonds. The summed E-state index contributed by atoms with van der Waals surface area (Å²) in [5.74, 6) is -7.08. The van der Waals surface area contributed by atoms with Crippen LogP contribution in [0, 0.1) is 6.92 Å². The van der Waals surface area contributed by atoms with Gasteiger partial charge in [0, 0.05) is 50.9 Å². The molecular formula is C37H41N3O15.